The van der Waals surface area contributed by atoms with Crippen LogP contribution in [0.2, 0.25) is 0 Å². The Bertz CT molecular complexity index is 175. The Hall–Kier alpha value is -0.930. The predicted molar refractivity (Wildman–Crippen MR) is 22.5 cm³/mol. The van der Waals surface area contributed by atoms with Crippen LogP contribution in [-0.2, 0) is 6.18 Å². The molecule has 0 aliphatic rings. The topological polar surface area (TPSA) is 13.1 Å². The van der Waals surface area contributed by atoms with E-state index in [1.165, 1.54) is 0 Å². The van der Waals surface area contributed by atoms with E-state index in [2.05, 4.69) is 4.42 Å². The van der Waals surface area contributed by atoms with Crippen molar-refractivity contribution in [3.63, 3.8) is 0 Å². The summed E-state index contributed by atoms with van der Waals surface area (Å²) >= 11 is 0. The van der Waals surface area contributed by atoms with E-state index < -0.39 is 11.7 Å². The molecule has 0 saturated heterocycles. The van der Waals surface area contributed by atoms with Crippen LogP contribution in [0.3, 0.4) is 0 Å². The largest absolute Gasteiger partial charge is 0.471 e. The number of alkyl halides is 3. The number of hydrogen-bond donors (Lipinski definition) is 0. The molecule has 0 atom stereocenters. The van der Waals surface area contributed by atoms with Crippen molar-refractivity contribution in [2.24, 2.45) is 0 Å². The Labute approximate surface area is 49.1 Å². The maximum atomic E-state index is 11.5. The summed E-state index contributed by atoms with van der Waals surface area (Å²) in [5.74, 6) is 0. The minimum absolute atomic E-state index is 0.611. The van der Waals surface area contributed by atoms with Gasteiger partial charge in [-0.15, -0.1) is 0 Å². The molecule has 9 heavy (non-hydrogen) atoms. The number of furan rings is 1. The molecule has 0 saturated carbocycles. The van der Waals surface area contributed by atoms with Crippen molar-refractivity contribution < 1.29 is 17.6 Å². The molecule has 1 aromatic heterocycles. The molecule has 0 bridgehead atoms. The van der Waals surface area contributed by atoms with Crippen LogP contribution < -0.4 is 0 Å². The Kier molecular flexibility index (Phi) is 1.23. The lowest BCUT2D eigenvalue weighted by molar-refractivity contribution is -0.138. The molecule has 0 amide bonds. The summed E-state index contributed by atoms with van der Waals surface area (Å²) in [6.45, 7) is 0. The van der Waals surface area contributed by atoms with Gasteiger partial charge in [0.1, 0.15) is 11.8 Å². The molecule has 1 aromatic rings. The van der Waals surface area contributed by atoms with E-state index in [0.717, 1.165) is 6.26 Å². The monoisotopic (exact) mass is 135 g/mol. The van der Waals surface area contributed by atoms with Gasteiger partial charge >= 0.3 is 6.18 Å². The Morgan fingerprint density at radius 3 is 2.33 bits per heavy atom. The molecule has 1 nitrogen and oxygen atoms in total. The van der Waals surface area contributed by atoms with Gasteiger partial charge in [-0.3, -0.25) is 0 Å². The third-order valence-corrected chi connectivity index (χ3v) is 0.774. The van der Waals surface area contributed by atoms with Crippen LogP contribution in [0, 0.1) is 6.07 Å². The van der Waals surface area contributed by atoms with Gasteiger partial charge in [0.05, 0.1) is 6.26 Å². The number of hydrogen-bond acceptors (Lipinski definition) is 1. The van der Waals surface area contributed by atoms with Gasteiger partial charge in [0.2, 0.25) is 0 Å². The first-order valence-corrected chi connectivity index (χ1v) is 2.12. The van der Waals surface area contributed by atoms with Crippen molar-refractivity contribution in [2.45, 2.75) is 6.18 Å². The zero-order chi connectivity index (χ0) is 6.91. The Morgan fingerprint density at radius 1 is 1.44 bits per heavy atom. The summed E-state index contributed by atoms with van der Waals surface area (Å²) in [6.07, 6.45) is -2.85. The second kappa shape index (κ2) is 1.79. The van der Waals surface area contributed by atoms with Gasteiger partial charge in [-0.05, 0) is 0 Å². The maximum absolute atomic E-state index is 11.5. The zero-order valence-electron chi connectivity index (χ0n) is 4.20. The van der Waals surface area contributed by atoms with Gasteiger partial charge in [-0.2, -0.15) is 13.2 Å². The fourth-order valence-electron chi connectivity index (χ4n) is 0.382. The highest BCUT2D eigenvalue weighted by Gasteiger charge is 2.31. The standard InChI is InChI=1S/C5H2F3O/c6-5(7,8)4-1-2-9-3-4/h2-3H. The molecule has 0 aromatic carbocycles. The van der Waals surface area contributed by atoms with Crippen molar-refractivity contribution in [2.75, 3.05) is 0 Å². The average Bonchev–Trinajstić information content (AvgIpc) is 2.08. The molecule has 1 rings (SSSR count). The Morgan fingerprint density at radius 2 is 2.11 bits per heavy atom. The first-order valence-electron chi connectivity index (χ1n) is 2.12. The quantitative estimate of drug-likeness (QED) is 0.530. The highest BCUT2D eigenvalue weighted by Crippen LogP contribution is 2.28. The van der Waals surface area contributed by atoms with E-state index in [1.807, 2.05) is 6.07 Å². The van der Waals surface area contributed by atoms with E-state index in [0.29, 0.717) is 6.26 Å². The fraction of sp³-hybridized carbons (Fsp3) is 0.200. The van der Waals surface area contributed by atoms with Crippen LogP contribution in [-0.4, -0.2) is 0 Å². The van der Waals surface area contributed by atoms with Gasteiger partial charge in [-0.1, -0.05) is 0 Å². The number of rotatable bonds is 0. The van der Waals surface area contributed by atoms with Gasteiger partial charge in [0.15, 0.2) is 0 Å². The molecular weight excluding hydrogens is 133 g/mol. The molecular formula is C5H2F3O. The molecule has 0 aliphatic heterocycles. The molecule has 0 spiro atoms. The van der Waals surface area contributed by atoms with Gasteiger partial charge in [0.25, 0.3) is 0 Å². The SMILES string of the molecule is FC(F)(F)c1[c]coc1. The van der Waals surface area contributed by atoms with E-state index in [9.17, 15) is 13.2 Å². The third kappa shape index (κ3) is 1.25. The Balaban J connectivity index is 2.90. The minimum Gasteiger partial charge on any atom is -0.471 e. The van der Waals surface area contributed by atoms with Crippen molar-refractivity contribution in [1.29, 1.82) is 0 Å². The van der Waals surface area contributed by atoms with Crippen LogP contribution in [0.4, 0.5) is 13.2 Å². The summed E-state index contributed by atoms with van der Waals surface area (Å²) in [7, 11) is 0. The molecule has 0 N–H and O–H groups in total. The van der Waals surface area contributed by atoms with Crippen LogP contribution in [0.1, 0.15) is 5.56 Å². The summed E-state index contributed by atoms with van der Waals surface area (Å²) in [6, 6.07) is 1.89. The second-order valence-electron chi connectivity index (χ2n) is 1.43. The molecule has 1 heterocycles. The van der Waals surface area contributed by atoms with Crippen LogP contribution in [0.15, 0.2) is 16.9 Å². The summed E-state index contributed by atoms with van der Waals surface area (Å²) in [5, 5.41) is 0. The van der Waals surface area contributed by atoms with E-state index in [4.69, 9.17) is 0 Å². The zero-order valence-corrected chi connectivity index (χ0v) is 4.20. The first-order chi connectivity index (χ1) is 4.11. The van der Waals surface area contributed by atoms with Crippen LogP contribution in [0.5, 0.6) is 0 Å². The molecule has 1 radical (unpaired) electrons. The fourth-order valence-corrected chi connectivity index (χ4v) is 0.382. The molecule has 0 fully saturated rings. The van der Waals surface area contributed by atoms with Crippen molar-refractivity contribution in [3.8, 4) is 0 Å². The van der Waals surface area contributed by atoms with Crippen molar-refractivity contribution in [3.05, 3.63) is 24.2 Å². The predicted octanol–water partition coefficient (Wildman–Crippen LogP) is 2.10. The summed E-state index contributed by atoms with van der Waals surface area (Å²) in [5.41, 5.74) is -0.873. The second-order valence-corrected chi connectivity index (χ2v) is 1.43. The van der Waals surface area contributed by atoms with Crippen LogP contribution in [0.25, 0.3) is 0 Å². The van der Waals surface area contributed by atoms with E-state index in [1.54, 1.807) is 0 Å². The van der Waals surface area contributed by atoms with E-state index >= 15 is 0 Å². The smallest absolute Gasteiger partial charge is 0.420 e. The van der Waals surface area contributed by atoms with Gasteiger partial charge in [-0.25, -0.2) is 0 Å². The normalized spacial score (nSPS) is 11.9. The minimum atomic E-state index is -4.33. The van der Waals surface area contributed by atoms with E-state index in [-0.39, 0.29) is 0 Å². The average molecular weight is 135 g/mol. The highest BCUT2D eigenvalue weighted by atomic mass is 19.4. The lowest BCUT2D eigenvalue weighted by atomic mass is 10.3. The number of halogens is 3. The summed E-state index contributed by atoms with van der Waals surface area (Å²) in [4.78, 5) is 0. The van der Waals surface area contributed by atoms with Crippen LogP contribution >= 0.6 is 0 Å². The lowest BCUT2D eigenvalue weighted by Gasteiger charge is -1.98. The molecule has 0 unspecified atom stereocenters. The molecule has 0 aliphatic carbocycles. The van der Waals surface area contributed by atoms with Gasteiger partial charge < -0.3 is 4.42 Å². The molecule has 49 valence electrons. The van der Waals surface area contributed by atoms with Crippen molar-refractivity contribution in [1.82, 2.24) is 0 Å². The highest BCUT2D eigenvalue weighted by molar-refractivity contribution is 5.07. The van der Waals surface area contributed by atoms with Gasteiger partial charge in [0, 0.05) is 6.07 Å². The van der Waals surface area contributed by atoms with Crippen molar-refractivity contribution >= 4 is 0 Å². The summed E-state index contributed by atoms with van der Waals surface area (Å²) < 4.78 is 38.8. The lowest BCUT2D eigenvalue weighted by Crippen LogP contribution is -2.01. The molecule has 4 heteroatoms. The maximum Gasteiger partial charge on any atom is 0.420 e. The third-order valence-electron chi connectivity index (χ3n) is 0.774. The first kappa shape index (κ1) is 6.19.